The van der Waals surface area contributed by atoms with Gasteiger partial charge in [-0.3, -0.25) is 4.79 Å². The second-order valence-corrected chi connectivity index (χ2v) is 4.55. The Kier molecular flexibility index (Phi) is 3.76. The van der Waals surface area contributed by atoms with E-state index in [2.05, 4.69) is 15.4 Å². The minimum Gasteiger partial charge on any atom is -0.464 e. The molecule has 2 rings (SSSR count). The lowest BCUT2D eigenvalue weighted by molar-refractivity contribution is -0.138. The number of halogens is 1. The van der Waals surface area contributed by atoms with E-state index in [1.807, 2.05) is 0 Å². The molecule has 100 valence electrons. The Balaban J connectivity index is 2.28. The molecule has 0 fully saturated rings. The molecule has 1 aromatic carbocycles. The number of hydrogen-bond acceptors (Lipinski definition) is 4. The lowest BCUT2D eigenvalue weighted by Crippen LogP contribution is -2.45. The standard InChI is InChI=1S/C13H13ClN2O3/c1-7-10(13(18)19-2)16-12(17)11(15-7)8-3-5-9(14)6-4-8/h3-6,11,15H,1-2H3,(H,16,17). The largest absolute Gasteiger partial charge is 0.464 e. The number of allylic oxidation sites excluding steroid dienone is 1. The van der Waals surface area contributed by atoms with Gasteiger partial charge in [-0.05, 0) is 24.6 Å². The summed E-state index contributed by atoms with van der Waals surface area (Å²) in [5.41, 5.74) is 1.47. The van der Waals surface area contributed by atoms with Gasteiger partial charge in [-0.15, -0.1) is 0 Å². The number of esters is 1. The van der Waals surface area contributed by atoms with Crippen molar-refractivity contribution in [2.24, 2.45) is 0 Å². The first-order valence-corrected chi connectivity index (χ1v) is 6.02. The number of methoxy groups -OCH3 is 1. The summed E-state index contributed by atoms with van der Waals surface area (Å²) in [5, 5.41) is 6.14. The molecule has 0 saturated heterocycles. The van der Waals surface area contributed by atoms with Crippen LogP contribution < -0.4 is 10.6 Å². The fourth-order valence-electron chi connectivity index (χ4n) is 1.84. The smallest absolute Gasteiger partial charge is 0.356 e. The monoisotopic (exact) mass is 280 g/mol. The summed E-state index contributed by atoms with van der Waals surface area (Å²) in [6.07, 6.45) is 0. The number of nitrogens with one attached hydrogen (secondary N) is 2. The lowest BCUT2D eigenvalue weighted by atomic mass is 10.0. The SMILES string of the molecule is COC(=O)C1=C(C)NC(c2ccc(Cl)cc2)C(=O)N1. The van der Waals surface area contributed by atoms with E-state index < -0.39 is 12.0 Å². The molecule has 6 heteroatoms. The van der Waals surface area contributed by atoms with Gasteiger partial charge in [0.1, 0.15) is 11.7 Å². The summed E-state index contributed by atoms with van der Waals surface area (Å²) in [7, 11) is 1.26. The van der Waals surface area contributed by atoms with Crippen LogP contribution in [-0.4, -0.2) is 19.0 Å². The van der Waals surface area contributed by atoms with Crippen LogP contribution in [0, 0.1) is 0 Å². The normalized spacial score (nSPS) is 18.7. The Hall–Kier alpha value is -2.01. The molecule has 5 nitrogen and oxygen atoms in total. The van der Waals surface area contributed by atoms with Crippen molar-refractivity contribution in [3.63, 3.8) is 0 Å². The molecule has 0 aromatic heterocycles. The average Bonchev–Trinajstić information content (AvgIpc) is 2.41. The zero-order valence-electron chi connectivity index (χ0n) is 10.5. The number of benzene rings is 1. The van der Waals surface area contributed by atoms with Gasteiger partial charge in [0.05, 0.1) is 7.11 Å². The topological polar surface area (TPSA) is 67.4 Å². The molecular formula is C13H13ClN2O3. The van der Waals surface area contributed by atoms with Crippen molar-refractivity contribution >= 4 is 23.5 Å². The number of rotatable bonds is 2. The highest BCUT2D eigenvalue weighted by Gasteiger charge is 2.30. The van der Waals surface area contributed by atoms with Crippen molar-refractivity contribution in [1.82, 2.24) is 10.6 Å². The molecule has 0 bridgehead atoms. The molecule has 1 amide bonds. The van der Waals surface area contributed by atoms with Crippen LogP contribution in [0.1, 0.15) is 18.5 Å². The average molecular weight is 281 g/mol. The fourth-order valence-corrected chi connectivity index (χ4v) is 1.97. The van der Waals surface area contributed by atoms with Crippen molar-refractivity contribution in [2.75, 3.05) is 7.11 Å². The van der Waals surface area contributed by atoms with Crippen LogP contribution in [0.4, 0.5) is 0 Å². The summed E-state index contributed by atoms with van der Waals surface area (Å²) < 4.78 is 4.60. The summed E-state index contributed by atoms with van der Waals surface area (Å²) >= 11 is 5.81. The summed E-state index contributed by atoms with van der Waals surface area (Å²) in [6, 6.07) is 6.39. The highest BCUT2D eigenvalue weighted by Crippen LogP contribution is 2.21. The second-order valence-electron chi connectivity index (χ2n) is 4.11. The van der Waals surface area contributed by atoms with Gasteiger partial charge in [-0.1, -0.05) is 23.7 Å². The summed E-state index contributed by atoms with van der Waals surface area (Å²) in [5.74, 6) is -0.888. The predicted molar refractivity (Wildman–Crippen MR) is 70.2 cm³/mol. The molecule has 1 aliphatic heterocycles. The van der Waals surface area contributed by atoms with Gasteiger partial charge >= 0.3 is 5.97 Å². The molecule has 1 aromatic rings. The van der Waals surface area contributed by atoms with Gasteiger partial charge in [0.15, 0.2) is 0 Å². The first-order valence-electron chi connectivity index (χ1n) is 5.65. The van der Waals surface area contributed by atoms with Crippen LogP contribution in [0.5, 0.6) is 0 Å². The molecule has 0 saturated carbocycles. The van der Waals surface area contributed by atoms with Crippen molar-refractivity contribution in [2.45, 2.75) is 13.0 Å². The third kappa shape index (κ3) is 2.71. The molecular weight excluding hydrogens is 268 g/mol. The van der Waals surface area contributed by atoms with E-state index in [1.54, 1.807) is 31.2 Å². The van der Waals surface area contributed by atoms with Gasteiger partial charge in [-0.2, -0.15) is 0 Å². The molecule has 0 spiro atoms. The molecule has 0 aliphatic carbocycles. The minimum absolute atomic E-state index is 0.137. The highest BCUT2D eigenvalue weighted by atomic mass is 35.5. The first-order chi connectivity index (χ1) is 9.02. The lowest BCUT2D eigenvalue weighted by Gasteiger charge is -2.27. The van der Waals surface area contributed by atoms with Crippen LogP contribution in [0.3, 0.4) is 0 Å². The first kappa shape index (κ1) is 13.4. The van der Waals surface area contributed by atoms with E-state index >= 15 is 0 Å². The number of carbonyl (C=O) groups is 2. The number of hydrogen-bond donors (Lipinski definition) is 2. The fraction of sp³-hybridized carbons (Fsp3) is 0.231. The van der Waals surface area contributed by atoms with Crippen LogP contribution in [-0.2, 0) is 14.3 Å². The van der Waals surface area contributed by atoms with Crippen molar-refractivity contribution < 1.29 is 14.3 Å². The van der Waals surface area contributed by atoms with Gasteiger partial charge in [0, 0.05) is 10.7 Å². The molecule has 1 unspecified atom stereocenters. The van der Waals surface area contributed by atoms with Gasteiger partial charge in [-0.25, -0.2) is 4.79 Å². The third-order valence-electron chi connectivity index (χ3n) is 2.84. The van der Waals surface area contributed by atoms with E-state index in [9.17, 15) is 9.59 Å². The molecule has 0 radical (unpaired) electrons. The number of amides is 1. The maximum atomic E-state index is 12.0. The Morgan fingerprint density at radius 1 is 1.32 bits per heavy atom. The summed E-state index contributed by atoms with van der Waals surface area (Å²) in [6.45, 7) is 1.70. The number of ether oxygens (including phenoxy) is 1. The van der Waals surface area contributed by atoms with Gasteiger partial charge < -0.3 is 15.4 Å². The number of carbonyl (C=O) groups excluding carboxylic acids is 2. The summed E-state index contributed by atoms with van der Waals surface area (Å²) in [4.78, 5) is 23.5. The van der Waals surface area contributed by atoms with E-state index in [0.717, 1.165) is 5.56 Å². The third-order valence-corrected chi connectivity index (χ3v) is 3.09. The minimum atomic E-state index is -0.576. The van der Waals surface area contributed by atoms with Crippen LogP contribution in [0.25, 0.3) is 0 Å². The van der Waals surface area contributed by atoms with E-state index in [-0.39, 0.29) is 11.6 Å². The molecule has 19 heavy (non-hydrogen) atoms. The maximum absolute atomic E-state index is 12.0. The molecule has 2 N–H and O–H groups in total. The van der Waals surface area contributed by atoms with E-state index in [0.29, 0.717) is 10.7 Å². The molecule has 1 aliphatic rings. The van der Waals surface area contributed by atoms with Crippen LogP contribution in [0.15, 0.2) is 35.7 Å². The predicted octanol–water partition coefficient (Wildman–Crippen LogP) is 1.50. The quantitative estimate of drug-likeness (QED) is 0.806. The Bertz CT molecular complexity index is 552. The van der Waals surface area contributed by atoms with E-state index in [1.165, 1.54) is 7.11 Å². The second kappa shape index (κ2) is 5.32. The van der Waals surface area contributed by atoms with Gasteiger partial charge in [0.2, 0.25) is 0 Å². The van der Waals surface area contributed by atoms with Crippen LogP contribution in [0.2, 0.25) is 5.02 Å². The Morgan fingerprint density at radius 2 is 1.95 bits per heavy atom. The van der Waals surface area contributed by atoms with Crippen molar-refractivity contribution in [3.05, 3.63) is 46.2 Å². The Morgan fingerprint density at radius 3 is 2.53 bits per heavy atom. The zero-order valence-corrected chi connectivity index (χ0v) is 11.2. The van der Waals surface area contributed by atoms with Crippen molar-refractivity contribution in [1.29, 1.82) is 0 Å². The van der Waals surface area contributed by atoms with Crippen molar-refractivity contribution in [3.8, 4) is 0 Å². The Labute approximate surface area is 115 Å². The highest BCUT2D eigenvalue weighted by molar-refractivity contribution is 6.30. The van der Waals surface area contributed by atoms with Gasteiger partial charge in [0.25, 0.3) is 5.91 Å². The molecule has 1 heterocycles. The van der Waals surface area contributed by atoms with Crippen LogP contribution >= 0.6 is 11.6 Å². The zero-order chi connectivity index (χ0) is 14.0. The van der Waals surface area contributed by atoms with E-state index in [4.69, 9.17) is 11.6 Å². The molecule has 1 atom stereocenters. The maximum Gasteiger partial charge on any atom is 0.356 e.